The molecule has 0 unspecified atom stereocenters. The van der Waals surface area contributed by atoms with Gasteiger partial charge in [-0.15, -0.1) is 0 Å². The first-order valence-corrected chi connectivity index (χ1v) is 8.45. The molecule has 0 atom stereocenters. The van der Waals surface area contributed by atoms with Gasteiger partial charge in [-0.25, -0.2) is 23.1 Å². The number of aryl methyl sites for hydroxylation is 1. The SMILES string of the molecule is CCOC(=O)c1cc(CC)n2nc(-c3c(F)cc(Br)cc3F)cc2n1. The topological polar surface area (TPSA) is 56.5 Å². The summed E-state index contributed by atoms with van der Waals surface area (Å²) in [5.74, 6) is -2.03. The van der Waals surface area contributed by atoms with Crippen LogP contribution >= 0.6 is 15.9 Å². The van der Waals surface area contributed by atoms with Crippen molar-refractivity contribution < 1.29 is 18.3 Å². The van der Waals surface area contributed by atoms with Crippen LogP contribution in [0.3, 0.4) is 0 Å². The standard InChI is InChI=1S/C17H14BrF2N3O2/c1-3-10-7-14(17(24)25-4-2)21-15-8-13(22-23(10)15)16-11(19)5-9(18)6-12(16)20/h5-8H,3-4H2,1-2H3. The normalized spacial score (nSPS) is 11.1. The molecular formula is C17H14BrF2N3O2. The van der Waals surface area contributed by atoms with E-state index < -0.39 is 17.6 Å². The molecule has 130 valence electrons. The van der Waals surface area contributed by atoms with Crippen LogP contribution in [0.5, 0.6) is 0 Å². The van der Waals surface area contributed by atoms with Crippen molar-refractivity contribution >= 4 is 27.5 Å². The number of nitrogens with zero attached hydrogens (tertiary/aromatic N) is 3. The average molecular weight is 410 g/mol. The van der Waals surface area contributed by atoms with Gasteiger partial charge in [0.05, 0.1) is 12.2 Å². The summed E-state index contributed by atoms with van der Waals surface area (Å²) in [6.45, 7) is 3.81. The fourth-order valence-electron chi connectivity index (χ4n) is 2.51. The predicted octanol–water partition coefficient (Wildman–Crippen LogP) is 4.18. The molecule has 2 aromatic heterocycles. The minimum Gasteiger partial charge on any atom is -0.461 e. The van der Waals surface area contributed by atoms with E-state index in [1.54, 1.807) is 13.0 Å². The zero-order valence-corrected chi connectivity index (χ0v) is 15.1. The molecule has 0 aliphatic carbocycles. The minimum atomic E-state index is -0.737. The molecule has 8 heteroatoms. The molecule has 0 radical (unpaired) electrons. The number of carbonyl (C=O) groups excluding carboxylic acids is 1. The number of rotatable bonds is 4. The van der Waals surface area contributed by atoms with Crippen molar-refractivity contribution in [3.8, 4) is 11.3 Å². The third-order valence-corrected chi connectivity index (χ3v) is 4.07. The number of aromatic nitrogens is 3. The van der Waals surface area contributed by atoms with Crippen LogP contribution in [-0.4, -0.2) is 27.2 Å². The van der Waals surface area contributed by atoms with Gasteiger partial charge in [0.1, 0.15) is 17.3 Å². The molecule has 2 heterocycles. The van der Waals surface area contributed by atoms with Crippen LogP contribution in [0.1, 0.15) is 30.0 Å². The van der Waals surface area contributed by atoms with Crippen LogP contribution < -0.4 is 0 Å². The first-order valence-electron chi connectivity index (χ1n) is 7.66. The number of benzene rings is 1. The fraction of sp³-hybridized carbons (Fsp3) is 0.235. The molecule has 0 spiro atoms. The fourth-order valence-corrected chi connectivity index (χ4v) is 2.91. The molecular weight excluding hydrogens is 396 g/mol. The molecule has 3 aromatic rings. The van der Waals surface area contributed by atoms with E-state index in [4.69, 9.17) is 4.74 Å². The Kier molecular flexibility index (Phi) is 4.80. The Balaban J connectivity index is 2.19. The largest absolute Gasteiger partial charge is 0.461 e. The molecule has 0 saturated carbocycles. The summed E-state index contributed by atoms with van der Waals surface area (Å²) in [5.41, 5.74) is 0.991. The third-order valence-electron chi connectivity index (χ3n) is 3.61. The van der Waals surface area contributed by atoms with E-state index in [2.05, 4.69) is 26.0 Å². The summed E-state index contributed by atoms with van der Waals surface area (Å²) in [4.78, 5) is 16.1. The molecule has 3 rings (SSSR count). The quantitative estimate of drug-likeness (QED) is 0.606. The van der Waals surface area contributed by atoms with Gasteiger partial charge in [0, 0.05) is 16.2 Å². The summed E-state index contributed by atoms with van der Waals surface area (Å²) in [7, 11) is 0. The lowest BCUT2D eigenvalue weighted by molar-refractivity contribution is 0.0519. The molecule has 0 aliphatic heterocycles. The van der Waals surface area contributed by atoms with Crippen molar-refractivity contribution in [1.29, 1.82) is 0 Å². The molecule has 25 heavy (non-hydrogen) atoms. The summed E-state index contributed by atoms with van der Waals surface area (Å²) < 4.78 is 35.1. The highest BCUT2D eigenvalue weighted by atomic mass is 79.9. The Labute approximate surface area is 150 Å². The third kappa shape index (κ3) is 3.26. The first kappa shape index (κ1) is 17.5. The Morgan fingerprint density at radius 2 is 1.88 bits per heavy atom. The number of hydrogen-bond acceptors (Lipinski definition) is 4. The highest BCUT2D eigenvalue weighted by molar-refractivity contribution is 9.10. The Morgan fingerprint density at radius 1 is 1.20 bits per heavy atom. The zero-order chi connectivity index (χ0) is 18.1. The van der Waals surface area contributed by atoms with E-state index in [1.165, 1.54) is 22.7 Å². The second kappa shape index (κ2) is 6.87. The molecule has 0 N–H and O–H groups in total. The van der Waals surface area contributed by atoms with Gasteiger partial charge in [-0.1, -0.05) is 22.9 Å². The van der Waals surface area contributed by atoms with Gasteiger partial charge in [0.2, 0.25) is 0 Å². The van der Waals surface area contributed by atoms with Crippen molar-refractivity contribution in [2.24, 2.45) is 0 Å². The highest BCUT2D eigenvalue weighted by Gasteiger charge is 2.19. The van der Waals surface area contributed by atoms with E-state index in [0.717, 1.165) is 0 Å². The van der Waals surface area contributed by atoms with Crippen molar-refractivity contribution in [2.75, 3.05) is 6.61 Å². The average Bonchev–Trinajstić information content (AvgIpc) is 2.96. The van der Waals surface area contributed by atoms with Gasteiger partial charge in [-0.3, -0.25) is 0 Å². The smallest absolute Gasteiger partial charge is 0.357 e. The molecule has 0 saturated heterocycles. The van der Waals surface area contributed by atoms with Crippen LogP contribution in [0.4, 0.5) is 8.78 Å². The van der Waals surface area contributed by atoms with Crippen LogP contribution in [0.2, 0.25) is 0 Å². The van der Waals surface area contributed by atoms with E-state index in [9.17, 15) is 13.6 Å². The van der Waals surface area contributed by atoms with E-state index >= 15 is 0 Å². The number of carbonyl (C=O) groups is 1. The first-order chi connectivity index (χ1) is 11.9. The summed E-state index contributed by atoms with van der Waals surface area (Å²) in [6, 6.07) is 5.34. The molecule has 0 bridgehead atoms. The Hall–Kier alpha value is -2.35. The number of hydrogen-bond donors (Lipinski definition) is 0. The summed E-state index contributed by atoms with van der Waals surface area (Å²) in [5, 5.41) is 4.26. The lowest BCUT2D eigenvalue weighted by atomic mass is 10.1. The second-order valence-corrected chi connectivity index (χ2v) is 6.17. The number of halogens is 3. The van der Waals surface area contributed by atoms with Gasteiger partial charge in [0.15, 0.2) is 11.3 Å². The van der Waals surface area contributed by atoms with Crippen LogP contribution in [0, 0.1) is 11.6 Å². The lowest BCUT2D eigenvalue weighted by Crippen LogP contribution is -2.10. The Morgan fingerprint density at radius 3 is 2.48 bits per heavy atom. The van der Waals surface area contributed by atoms with E-state index in [-0.39, 0.29) is 23.6 Å². The van der Waals surface area contributed by atoms with Gasteiger partial charge < -0.3 is 4.74 Å². The lowest BCUT2D eigenvalue weighted by Gasteiger charge is -2.05. The molecule has 0 aliphatic rings. The van der Waals surface area contributed by atoms with Crippen molar-refractivity contribution in [3.05, 3.63) is 51.8 Å². The van der Waals surface area contributed by atoms with Crippen LogP contribution in [0.15, 0.2) is 28.7 Å². The Bertz CT molecular complexity index is 949. The molecule has 0 amide bonds. The van der Waals surface area contributed by atoms with E-state index in [0.29, 0.717) is 22.2 Å². The van der Waals surface area contributed by atoms with Gasteiger partial charge in [0.25, 0.3) is 0 Å². The highest BCUT2D eigenvalue weighted by Crippen LogP contribution is 2.29. The van der Waals surface area contributed by atoms with Crippen LogP contribution in [-0.2, 0) is 11.2 Å². The summed E-state index contributed by atoms with van der Waals surface area (Å²) >= 11 is 3.05. The molecule has 0 fully saturated rings. The van der Waals surface area contributed by atoms with Crippen molar-refractivity contribution in [3.63, 3.8) is 0 Å². The van der Waals surface area contributed by atoms with Crippen LogP contribution in [0.25, 0.3) is 16.9 Å². The monoisotopic (exact) mass is 409 g/mol. The van der Waals surface area contributed by atoms with Crippen molar-refractivity contribution in [1.82, 2.24) is 14.6 Å². The van der Waals surface area contributed by atoms with E-state index in [1.807, 2.05) is 6.92 Å². The second-order valence-electron chi connectivity index (χ2n) is 5.25. The predicted molar refractivity (Wildman–Crippen MR) is 91.4 cm³/mol. The minimum absolute atomic E-state index is 0.103. The van der Waals surface area contributed by atoms with Gasteiger partial charge in [-0.05, 0) is 31.5 Å². The maximum Gasteiger partial charge on any atom is 0.357 e. The maximum atomic E-state index is 14.2. The van der Waals surface area contributed by atoms with Crippen molar-refractivity contribution in [2.45, 2.75) is 20.3 Å². The number of fused-ring (bicyclic) bond motifs is 1. The summed E-state index contributed by atoms with van der Waals surface area (Å²) in [6.07, 6.45) is 0.553. The molecule has 5 nitrogen and oxygen atoms in total. The maximum absolute atomic E-state index is 14.2. The zero-order valence-electron chi connectivity index (χ0n) is 13.5. The van der Waals surface area contributed by atoms with Gasteiger partial charge >= 0.3 is 5.97 Å². The number of esters is 1. The number of ether oxygens (including phenoxy) is 1. The molecule has 1 aromatic carbocycles. The van der Waals surface area contributed by atoms with Gasteiger partial charge in [-0.2, -0.15) is 5.10 Å².